The molecule has 0 bridgehead atoms. The molecule has 1 aliphatic carbocycles. The van der Waals surface area contributed by atoms with Crippen LogP contribution in [0.1, 0.15) is 40.9 Å². The molecule has 2 aromatic rings. The smallest absolute Gasteiger partial charge is 0.240 e. The zero-order valence-corrected chi connectivity index (χ0v) is 14.5. The summed E-state index contributed by atoms with van der Waals surface area (Å²) < 4.78 is 27.7. The van der Waals surface area contributed by atoms with Crippen LogP contribution in [0.25, 0.3) is 0 Å². The minimum Gasteiger partial charge on any atom is -0.282 e. The number of fused-ring (bicyclic) bond motifs is 1. The molecule has 1 aliphatic rings. The van der Waals surface area contributed by atoms with E-state index in [0.29, 0.717) is 17.9 Å². The van der Waals surface area contributed by atoms with E-state index in [0.717, 1.165) is 36.2 Å². The molecule has 3 rings (SSSR count). The molecule has 0 amide bonds. The predicted molar refractivity (Wildman–Crippen MR) is 90.0 cm³/mol. The van der Waals surface area contributed by atoms with Crippen molar-refractivity contribution >= 4 is 10.0 Å². The van der Waals surface area contributed by atoms with Crippen LogP contribution in [-0.2, 0) is 29.3 Å². The number of nitrogens with one attached hydrogen (secondary N) is 2. The normalized spacial score (nSPS) is 14.7. The first kappa shape index (κ1) is 16.2. The first-order valence-electron chi connectivity index (χ1n) is 8.09. The van der Waals surface area contributed by atoms with Gasteiger partial charge in [-0.1, -0.05) is 6.07 Å². The summed E-state index contributed by atoms with van der Waals surface area (Å²) in [5, 5.41) is 7.06. The molecular weight excluding hydrogens is 310 g/mol. The third-order valence-corrected chi connectivity index (χ3v) is 6.04. The second-order valence-corrected chi connectivity index (χ2v) is 7.96. The van der Waals surface area contributed by atoms with Gasteiger partial charge in [0.25, 0.3) is 0 Å². The summed E-state index contributed by atoms with van der Waals surface area (Å²) in [6, 6.07) is 5.53. The quantitative estimate of drug-likeness (QED) is 0.882. The van der Waals surface area contributed by atoms with Gasteiger partial charge in [-0.2, -0.15) is 5.10 Å². The van der Waals surface area contributed by atoms with Crippen molar-refractivity contribution in [2.24, 2.45) is 0 Å². The predicted octanol–water partition coefficient (Wildman–Crippen LogP) is 2.43. The van der Waals surface area contributed by atoms with Crippen molar-refractivity contribution in [3.63, 3.8) is 0 Å². The molecular formula is C17H23N3O2S. The Morgan fingerprint density at radius 3 is 2.61 bits per heavy atom. The number of aromatic amines is 1. The second kappa shape index (κ2) is 6.45. The van der Waals surface area contributed by atoms with Gasteiger partial charge in [-0.05, 0) is 74.8 Å². The maximum Gasteiger partial charge on any atom is 0.240 e. The van der Waals surface area contributed by atoms with E-state index in [1.165, 1.54) is 17.5 Å². The average molecular weight is 333 g/mol. The Morgan fingerprint density at radius 2 is 1.91 bits per heavy atom. The maximum atomic E-state index is 12.5. The van der Waals surface area contributed by atoms with Crippen LogP contribution in [0.3, 0.4) is 0 Å². The molecule has 1 aromatic heterocycles. The van der Waals surface area contributed by atoms with Crippen LogP contribution in [0.5, 0.6) is 0 Å². The summed E-state index contributed by atoms with van der Waals surface area (Å²) in [7, 11) is -3.45. The van der Waals surface area contributed by atoms with E-state index >= 15 is 0 Å². The number of hydrogen-bond acceptors (Lipinski definition) is 3. The van der Waals surface area contributed by atoms with Crippen LogP contribution in [0, 0.1) is 13.8 Å². The summed E-state index contributed by atoms with van der Waals surface area (Å²) in [5.74, 6) is 0. The zero-order chi connectivity index (χ0) is 16.4. The van der Waals surface area contributed by atoms with Gasteiger partial charge < -0.3 is 0 Å². The van der Waals surface area contributed by atoms with Gasteiger partial charge in [0.05, 0.1) is 10.6 Å². The van der Waals surface area contributed by atoms with Gasteiger partial charge in [-0.15, -0.1) is 0 Å². The highest BCUT2D eigenvalue weighted by atomic mass is 32.2. The first-order chi connectivity index (χ1) is 11.0. The number of hydrogen-bond donors (Lipinski definition) is 2. The molecule has 5 nitrogen and oxygen atoms in total. The third kappa shape index (κ3) is 3.48. The monoisotopic (exact) mass is 333 g/mol. The standard InChI is InChI=1S/C17H23N3O2S/c1-12-17(13(2)20-19-12)9-10-18-23(21,22)16-8-7-14-5-3-4-6-15(14)11-16/h7-8,11,18H,3-6,9-10H2,1-2H3,(H,19,20). The van der Waals surface area contributed by atoms with E-state index in [1.807, 2.05) is 26.0 Å². The molecule has 0 saturated heterocycles. The first-order valence-corrected chi connectivity index (χ1v) is 9.57. The zero-order valence-electron chi connectivity index (χ0n) is 13.6. The SMILES string of the molecule is Cc1n[nH]c(C)c1CCNS(=O)(=O)c1ccc2c(c1)CCCC2. The molecule has 0 saturated carbocycles. The van der Waals surface area contributed by atoms with Gasteiger partial charge in [-0.25, -0.2) is 13.1 Å². The lowest BCUT2D eigenvalue weighted by atomic mass is 9.92. The number of sulfonamides is 1. The lowest BCUT2D eigenvalue weighted by Crippen LogP contribution is -2.26. The molecule has 0 radical (unpaired) electrons. The van der Waals surface area contributed by atoms with Gasteiger partial charge in [0.15, 0.2) is 0 Å². The van der Waals surface area contributed by atoms with Crippen LogP contribution in [-0.4, -0.2) is 25.2 Å². The second-order valence-electron chi connectivity index (χ2n) is 6.20. The van der Waals surface area contributed by atoms with Gasteiger partial charge in [0.1, 0.15) is 0 Å². The van der Waals surface area contributed by atoms with Gasteiger partial charge in [0, 0.05) is 12.2 Å². The Hall–Kier alpha value is -1.66. The van der Waals surface area contributed by atoms with Crippen LogP contribution < -0.4 is 4.72 Å². The summed E-state index contributed by atoms with van der Waals surface area (Å²) in [6.07, 6.45) is 5.01. The molecule has 0 aliphatic heterocycles. The minimum atomic E-state index is -3.45. The average Bonchev–Trinajstić information content (AvgIpc) is 2.86. The Morgan fingerprint density at radius 1 is 1.17 bits per heavy atom. The van der Waals surface area contributed by atoms with Crippen molar-refractivity contribution in [3.8, 4) is 0 Å². The molecule has 0 atom stereocenters. The van der Waals surface area contributed by atoms with Crippen molar-refractivity contribution < 1.29 is 8.42 Å². The molecule has 1 aromatic carbocycles. The van der Waals surface area contributed by atoms with Crippen LogP contribution in [0.4, 0.5) is 0 Å². The van der Waals surface area contributed by atoms with Crippen molar-refractivity contribution in [3.05, 3.63) is 46.3 Å². The lowest BCUT2D eigenvalue weighted by Gasteiger charge is -2.16. The number of H-pyrrole nitrogens is 1. The Kier molecular flexibility index (Phi) is 4.55. The van der Waals surface area contributed by atoms with E-state index < -0.39 is 10.0 Å². The summed E-state index contributed by atoms with van der Waals surface area (Å²) in [4.78, 5) is 0.374. The molecule has 2 N–H and O–H groups in total. The molecule has 0 unspecified atom stereocenters. The highest BCUT2D eigenvalue weighted by Crippen LogP contribution is 2.24. The maximum absolute atomic E-state index is 12.5. The summed E-state index contributed by atoms with van der Waals surface area (Å²) in [6.45, 7) is 4.25. The molecule has 23 heavy (non-hydrogen) atoms. The minimum absolute atomic E-state index is 0.374. The van der Waals surface area contributed by atoms with E-state index in [4.69, 9.17) is 0 Å². The van der Waals surface area contributed by atoms with E-state index in [9.17, 15) is 8.42 Å². The number of rotatable bonds is 5. The summed E-state index contributed by atoms with van der Waals surface area (Å²) in [5.41, 5.74) is 5.48. The fourth-order valence-corrected chi connectivity index (χ4v) is 4.30. The number of nitrogens with zero attached hydrogens (tertiary/aromatic N) is 1. The molecule has 1 heterocycles. The van der Waals surface area contributed by atoms with Gasteiger partial charge >= 0.3 is 0 Å². The summed E-state index contributed by atoms with van der Waals surface area (Å²) >= 11 is 0. The van der Waals surface area contributed by atoms with Crippen molar-refractivity contribution in [2.45, 2.75) is 50.8 Å². The Labute approximate surface area is 137 Å². The van der Waals surface area contributed by atoms with Gasteiger partial charge in [-0.3, -0.25) is 5.10 Å². The lowest BCUT2D eigenvalue weighted by molar-refractivity contribution is 0.581. The number of benzene rings is 1. The van der Waals surface area contributed by atoms with Gasteiger partial charge in [0.2, 0.25) is 10.0 Å². The Bertz CT molecular complexity index is 790. The molecule has 0 spiro atoms. The molecule has 124 valence electrons. The highest BCUT2D eigenvalue weighted by molar-refractivity contribution is 7.89. The fourth-order valence-electron chi connectivity index (χ4n) is 3.21. The molecule has 0 fully saturated rings. The van der Waals surface area contributed by atoms with Crippen LogP contribution in [0.15, 0.2) is 23.1 Å². The third-order valence-electron chi connectivity index (χ3n) is 4.58. The Balaban J connectivity index is 1.69. The fraction of sp³-hybridized carbons (Fsp3) is 0.471. The molecule has 6 heteroatoms. The van der Waals surface area contributed by atoms with Crippen molar-refractivity contribution in [2.75, 3.05) is 6.54 Å². The topological polar surface area (TPSA) is 74.8 Å². The highest BCUT2D eigenvalue weighted by Gasteiger charge is 2.17. The van der Waals surface area contributed by atoms with Crippen molar-refractivity contribution in [1.29, 1.82) is 0 Å². The van der Waals surface area contributed by atoms with Crippen molar-refractivity contribution in [1.82, 2.24) is 14.9 Å². The van der Waals surface area contributed by atoms with Crippen LogP contribution >= 0.6 is 0 Å². The van der Waals surface area contributed by atoms with E-state index in [2.05, 4.69) is 14.9 Å². The number of aryl methyl sites for hydroxylation is 4. The largest absolute Gasteiger partial charge is 0.282 e. The van der Waals surface area contributed by atoms with E-state index in [-0.39, 0.29) is 0 Å². The van der Waals surface area contributed by atoms with E-state index in [1.54, 1.807) is 6.07 Å². The number of aromatic nitrogens is 2. The van der Waals surface area contributed by atoms with Crippen LogP contribution in [0.2, 0.25) is 0 Å².